The van der Waals surface area contributed by atoms with E-state index in [1.165, 1.54) is 23.9 Å². The Labute approximate surface area is 127 Å². The first-order chi connectivity index (χ1) is 10.2. The van der Waals surface area contributed by atoms with Gasteiger partial charge in [-0.05, 0) is 18.2 Å². The zero-order valence-electron chi connectivity index (χ0n) is 11.3. The van der Waals surface area contributed by atoms with E-state index in [0.29, 0.717) is 0 Å². The molecule has 2 aromatic rings. The highest BCUT2D eigenvalue weighted by Gasteiger charge is 2.13. The van der Waals surface area contributed by atoms with Gasteiger partial charge in [0.2, 0.25) is 5.91 Å². The third-order valence-electron chi connectivity index (χ3n) is 2.87. The summed E-state index contributed by atoms with van der Waals surface area (Å²) in [5, 5.41) is 12.5. The van der Waals surface area contributed by atoms with Crippen molar-refractivity contribution < 1.29 is 14.3 Å². The third-order valence-corrected chi connectivity index (χ3v) is 3.88. The van der Waals surface area contributed by atoms with Crippen LogP contribution in [-0.2, 0) is 4.79 Å². The summed E-state index contributed by atoms with van der Waals surface area (Å²) in [5.74, 6) is -0.411. The number of hydrogen-bond donors (Lipinski definition) is 2. The fraction of sp³-hybridized carbons (Fsp3) is 0.188. The van der Waals surface area contributed by atoms with Crippen molar-refractivity contribution in [2.24, 2.45) is 0 Å². The van der Waals surface area contributed by atoms with Crippen molar-refractivity contribution in [3.05, 3.63) is 66.0 Å². The molecular weight excluding hydrogens is 289 g/mol. The molecule has 0 saturated carbocycles. The monoisotopic (exact) mass is 305 g/mol. The lowest BCUT2D eigenvalue weighted by atomic mass is 10.1. The number of carbonyl (C=O) groups is 1. The first kappa shape index (κ1) is 15.5. The van der Waals surface area contributed by atoms with Crippen LogP contribution in [0.1, 0.15) is 11.7 Å². The van der Waals surface area contributed by atoms with Gasteiger partial charge in [0.1, 0.15) is 5.82 Å². The largest absolute Gasteiger partial charge is 0.386 e. The number of amides is 1. The van der Waals surface area contributed by atoms with Crippen molar-refractivity contribution in [3.63, 3.8) is 0 Å². The topological polar surface area (TPSA) is 49.3 Å². The summed E-state index contributed by atoms with van der Waals surface area (Å²) < 4.78 is 13.5. The molecule has 0 spiro atoms. The van der Waals surface area contributed by atoms with Gasteiger partial charge >= 0.3 is 0 Å². The highest BCUT2D eigenvalue weighted by molar-refractivity contribution is 8.00. The summed E-state index contributed by atoms with van der Waals surface area (Å²) in [4.78, 5) is 12.7. The molecule has 3 nitrogen and oxygen atoms in total. The average Bonchev–Trinajstić information content (AvgIpc) is 2.52. The molecule has 0 heterocycles. The molecule has 0 aromatic heterocycles. The summed E-state index contributed by atoms with van der Waals surface area (Å²) in [6.45, 7) is -0.00484. The smallest absolute Gasteiger partial charge is 0.230 e. The average molecular weight is 305 g/mol. The second-order valence-electron chi connectivity index (χ2n) is 4.44. The minimum Gasteiger partial charge on any atom is -0.386 e. The summed E-state index contributed by atoms with van der Waals surface area (Å²) in [6.07, 6.45) is -1.04. The van der Waals surface area contributed by atoms with Crippen LogP contribution in [-0.4, -0.2) is 23.3 Å². The fourth-order valence-electron chi connectivity index (χ4n) is 1.78. The van der Waals surface area contributed by atoms with Crippen LogP contribution in [0.3, 0.4) is 0 Å². The van der Waals surface area contributed by atoms with Gasteiger partial charge in [-0.3, -0.25) is 4.79 Å². The Morgan fingerprint density at radius 2 is 1.81 bits per heavy atom. The molecule has 0 aliphatic rings. The van der Waals surface area contributed by atoms with Crippen molar-refractivity contribution in [1.82, 2.24) is 5.32 Å². The highest BCUT2D eigenvalue weighted by atomic mass is 32.2. The Balaban J connectivity index is 1.77. The molecule has 110 valence electrons. The number of aliphatic hydroxyl groups is 1. The van der Waals surface area contributed by atoms with Gasteiger partial charge in [-0.15, -0.1) is 11.8 Å². The van der Waals surface area contributed by atoms with Crippen molar-refractivity contribution in [1.29, 1.82) is 0 Å². The standard InChI is InChI=1S/C16H16FNO2S/c17-14-9-5-4-8-13(14)15(19)10-18-16(20)11-21-12-6-2-1-3-7-12/h1-9,15,19H,10-11H2,(H,18,20). The molecule has 0 fully saturated rings. The van der Waals surface area contributed by atoms with Crippen LogP contribution in [0.25, 0.3) is 0 Å². The molecule has 0 radical (unpaired) electrons. The zero-order valence-corrected chi connectivity index (χ0v) is 12.1. The minimum absolute atomic E-state index is 0.00484. The molecular formula is C16H16FNO2S. The van der Waals surface area contributed by atoms with Crippen LogP contribution in [0, 0.1) is 5.82 Å². The van der Waals surface area contributed by atoms with Crippen LogP contribution >= 0.6 is 11.8 Å². The second-order valence-corrected chi connectivity index (χ2v) is 5.49. The minimum atomic E-state index is -1.04. The molecule has 1 unspecified atom stereocenters. The van der Waals surface area contributed by atoms with Crippen molar-refractivity contribution in [2.45, 2.75) is 11.0 Å². The molecule has 0 saturated heterocycles. The summed E-state index contributed by atoms with van der Waals surface area (Å²) >= 11 is 1.41. The van der Waals surface area contributed by atoms with Crippen molar-refractivity contribution in [3.8, 4) is 0 Å². The summed E-state index contributed by atoms with van der Waals surface area (Å²) in [7, 11) is 0. The molecule has 2 rings (SSSR count). The molecule has 2 aromatic carbocycles. The lowest BCUT2D eigenvalue weighted by molar-refractivity contribution is -0.119. The van der Waals surface area contributed by atoms with Crippen LogP contribution in [0.5, 0.6) is 0 Å². The van der Waals surface area contributed by atoms with Crippen molar-refractivity contribution in [2.75, 3.05) is 12.3 Å². The van der Waals surface area contributed by atoms with Gasteiger partial charge in [-0.25, -0.2) is 4.39 Å². The van der Waals surface area contributed by atoms with E-state index in [1.807, 2.05) is 30.3 Å². The van der Waals surface area contributed by atoms with E-state index >= 15 is 0 Å². The third kappa shape index (κ3) is 4.88. The number of benzene rings is 2. The zero-order chi connectivity index (χ0) is 15.1. The van der Waals surface area contributed by atoms with Crippen LogP contribution in [0.2, 0.25) is 0 Å². The predicted octanol–water partition coefficient (Wildman–Crippen LogP) is 2.77. The second kappa shape index (κ2) is 7.81. The SMILES string of the molecule is O=C(CSc1ccccc1)NCC(O)c1ccccc1F. The number of carbonyl (C=O) groups excluding carboxylic acids is 1. The van der Waals surface area contributed by atoms with E-state index in [2.05, 4.69) is 5.32 Å². The van der Waals surface area contributed by atoms with Gasteiger partial charge in [0.25, 0.3) is 0 Å². The van der Waals surface area contributed by atoms with Gasteiger partial charge in [0.05, 0.1) is 11.9 Å². The Hall–Kier alpha value is -1.85. The number of nitrogens with one attached hydrogen (secondary N) is 1. The van der Waals surface area contributed by atoms with E-state index in [0.717, 1.165) is 4.90 Å². The number of rotatable bonds is 6. The molecule has 0 bridgehead atoms. The molecule has 2 N–H and O–H groups in total. The number of halogens is 1. The lowest BCUT2D eigenvalue weighted by Crippen LogP contribution is -2.30. The molecule has 1 amide bonds. The molecule has 0 aliphatic heterocycles. The Bertz CT molecular complexity index is 592. The first-order valence-electron chi connectivity index (χ1n) is 6.54. The van der Waals surface area contributed by atoms with E-state index in [-0.39, 0.29) is 23.8 Å². The summed E-state index contributed by atoms with van der Waals surface area (Å²) in [6, 6.07) is 15.6. The van der Waals surface area contributed by atoms with Gasteiger partial charge in [-0.1, -0.05) is 36.4 Å². The molecule has 21 heavy (non-hydrogen) atoms. The van der Waals surface area contributed by atoms with E-state index in [9.17, 15) is 14.3 Å². The normalized spacial score (nSPS) is 11.9. The number of aliphatic hydroxyl groups excluding tert-OH is 1. The van der Waals surface area contributed by atoms with Crippen LogP contribution in [0.4, 0.5) is 4.39 Å². The highest BCUT2D eigenvalue weighted by Crippen LogP contribution is 2.17. The number of hydrogen-bond acceptors (Lipinski definition) is 3. The quantitative estimate of drug-likeness (QED) is 0.807. The van der Waals surface area contributed by atoms with E-state index < -0.39 is 11.9 Å². The maximum Gasteiger partial charge on any atom is 0.230 e. The molecule has 5 heteroatoms. The van der Waals surface area contributed by atoms with E-state index in [1.54, 1.807) is 12.1 Å². The predicted molar refractivity (Wildman–Crippen MR) is 81.5 cm³/mol. The fourth-order valence-corrected chi connectivity index (χ4v) is 2.53. The maximum atomic E-state index is 13.5. The summed E-state index contributed by atoms with van der Waals surface area (Å²) in [5.41, 5.74) is 0.188. The van der Waals surface area contributed by atoms with E-state index in [4.69, 9.17) is 0 Å². The lowest BCUT2D eigenvalue weighted by Gasteiger charge is -2.13. The van der Waals surface area contributed by atoms with Crippen LogP contribution in [0.15, 0.2) is 59.5 Å². The molecule has 0 aliphatic carbocycles. The van der Waals surface area contributed by atoms with Crippen molar-refractivity contribution >= 4 is 17.7 Å². The number of thioether (sulfide) groups is 1. The first-order valence-corrected chi connectivity index (χ1v) is 7.52. The van der Waals surface area contributed by atoms with Gasteiger partial charge in [-0.2, -0.15) is 0 Å². The van der Waals surface area contributed by atoms with Gasteiger partial charge < -0.3 is 10.4 Å². The maximum absolute atomic E-state index is 13.5. The van der Waals surface area contributed by atoms with Gasteiger partial charge in [0.15, 0.2) is 0 Å². The Kier molecular flexibility index (Phi) is 5.78. The molecule has 1 atom stereocenters. The Morgan fingerprint density at radius 3 is 2.52 bits per heavy atom. The van der Waals surface area contributed by atoms with Gasteiger partial charge in [0, 0.05) is 17.0 Å². The van der Waals surface area contributed by atoms with Crippen LogP contribution < -0.4 is 5.32 Å². The Morgan fingerprint density at radius 1 is 1.14 bits per heavy atom.